The maximum atomic E-state index is 12.5. The lowest BCUT2D eigenvalue weighted by Crippen LogP contribution is -2.28. The fourth-order valence-electron chi connectivity index (χ4n) is 2.39. The Kier molecular flexibility index (Phi) is 3.23. The summed E-state index contributed by atoms with van der Waals surface area (Å²) in [5.74, 6) is 0.732. The summed E-state index contributed by atoms with van der Waals surface area (Å²) in [4.78, 5) is 17.8. The highest BCUT2D eigenvalue weighted by molar-refractivity contribution is 6.11. The first kappa shape index (κ1) is 13.4. The van der Waals surface area contributed by atoms with Crippen LogP contribution in [0.15, 0.2) is 36.5 Å². The van der Waals surface area contributed by atoms with Crippen LogP contribution in [0, 0.1) is 0 Å². The van der Waals surface area contributed by atoms with Crippen LogP contribution in [0.4, 0.5) is 5.69 Å². The molecule has 1 N–H and O–H groups in total. The number of nitrogens with zero attached hydrogens (tertiary/aromatic N) is 2. The average molecular weight is 286 g/mol. The fraction of sp³-hybridized carbons (Fsp3) is 0.200. The van der Waals surface area contributed by atoms with Crippen molar-refractivity contribution < 1.29 is 19.4 Å². The standard InChI is InChI=1S/C15H14N2O4/c1-20-9-5-6-11(12(8-9)21-2)17-14(18)10-4-3-7-16-13(10)15(17)19/h3-8,15,19H,1-2H3. The van der Waals surface area contributed by atoms with Crippen molar-refractivity contribution in [2.75, 3.05) is 19.1 Å². The second kappa shape index (κ2) is 5.06. The van der Waals surface area contributed by atoms with E-state index in [1.165, 1.54) is 12.0 Å². The zero-order valence-corrected chi connectivity index (χ0v) is 11.6. The van der Waals surface area contributed by atoms with Gasteiger partial charge in [-0.05, 0) is 24.3 Å². The van der Waals surface area contributed by atoms with Crippen molar-refractivity contribution in [3.63, 3.8) is 0 Å². The number of fused-ring (bicyclic) bond motifs is 1. The quantitative estimate of drug-likeness (QED) is 0.930. The normalized spacial score (nSPS) is 16.8. The van der Waals surface area contributed by atoms with E-state index in [-0.39, 0.29) is 5.91 Å². The highest BCUT2D eigenvalue weighted by Gasteiger charge is 2.38. The smallest absolute Gasteiger partial charge is 0.262 e. The molecule has 1 amide bonds. The van der Waals surface area contributed by atoms with Gasteiger partial charge in [0.2, 0.25) is 0 Å². The Balaban J connectivity index is 2.08. The van der Waals surface area contributed by atoms with Crippen molar-refractivity contribution in [1.29, 1.82) is 0 Å². The number of rotatable bonds is 3. The predicted octanol–water partition coefficient (Wildman–Crippen LogP) is 1.75. The molecule has 1 aromatic carbocycles. The first-order valence-electron chi connectivity index (χ1n) is 6.36. The SMILES string of the molecule is COc1ccc(N2C(=O)c3cccnc3C2O)c(OC)c1. The Bertz CT molecular complexity index is 702. The summed E-state index contributed by atoms with van der Waals surface area (Å²) < 4.78 is 10.4. The molecule has 1 unspecified atom stereocenters. The summed E-state index contributed by atoms with van der Waals surface area (Å²) in [5.41, 5.74) is 1.21. The highest BCUT2D eigenvalue weighted by atomic mass is 16.5. The van der Waals surface area contributed by atoms with Gasteiger partial charge in [0.25, 0.3) is 5.91 Å². The van der Waals surface area contributed by atoms with E-state index in [1.54, 1.807) is 43.6 Å². The number of benzene rings is 1. The number of anilines is 1. The Hall–Kier alpha value is -2.60. The summed E-state index contributed by atoms with van der Waals surface area (Å²) in [5, 5.41) is 10.4. The van der Waals surface area contributed by atoms with E-state index in [0.29, 0.717) is 28.4 Å². The van der Waals surface area contributed by atoms with E-state index in [2.05, 4.69) is 4.98 Å². The number of hydrogen-bond acceptors (Lipinski definition) is 5. The summed E-state index contributed by atoms with van der Waals surface area (Å²) in [6.07, 6.45) is 0.417. The molecule has 1 aliphatic rings. The summed E-state index contributed by atoms with van der Waals surface area (Å²) in [6.45, 7) is 0. The van der Waals surface area contributed by atoms with Gasteiger partial charge in [-0.15, -0.1) is 0 Å². The van der Waals surface area contributed by atoms with Crippen LogP contribution in [-0.4, -0.2) is 30.2 Å². The van der Waals surface area contributed by atoms with E-state index in [9.17, 15) is 9.90 Å². The third-order valence-electron chi connectivity index (χ3n) is 3.42. The predicted molar refractivity (Wildman–Crippen MR) is 75.6 cm³/mol. The lowest BCUT2D eigenvalue weighted by Gasteiger charge is -2.23. The van der Waals surface area contributed by atoms with Gasteiger partial charge in [0, 0.05) is 12.3 Å². The number of ether oxygens (including phenoxy) is 2. The van der Waals surface area contributed by atoms with E-state index in [4.69, 9.17) is 9.47 Å². The molecule has 21 heavy (non-hydrogen) atoms. The van der Waals surface area contributed by atoms with Gasteiger partial charge in [-0.3, -0.25) is 14.7 Å². The summed E-state index contributed by atoms with van der Waals surface area (Å²) in [7, 11) is 3.04. The van der Waals surface area contributed by atoms with Crippen molar-refractivity contribution in [3.05, 3.63) is 47.8 Å². The highest BCUT2D eigenvalue weighted by Crippen LogP contribution is 2.40. The number of carbonyl (C=O) groups is 1. The number of aliphatic hydroxyl groups excluding tert-OH is 1. The number of hydrogen-bond donors (Lipinski definition) is 1. The lowest BCUT2D eigenvalue weighted by molar-refractivity contribution is 0.0932. The van der Waals surface area contributed by atoms with Gasteiger partial charge >= 0.3 is 0 Å². The van der Waals surface area contributed by atoms with E-state index < -0.39 is 6.23 Å². The second-order valence-electron chi connectivity index (χ2n) is 4.52. The Morgan fingerprint density at radius 1 is 1.24 bits per heavy atom. The molecular weight excluding hydrogens is 272 g/mol. The minimum absolute atomic E-state index is 0.311. The lowest BCUT2D eigenvalue weighted by atomic mass is 10.2. The topological polar surface area (TPSA) is 71.9 Å². The molecule has 0 bridgehead atoms. The van der Waals surface area contributed by atoms with Crippen LogP contribution < -0.4 is 14.4 Å². The van der Waals surface area contributed by atoms with Gasteiger partial charge in [0.1, 0.15) is 17.2 Å². The zero-order valence-electron chi connectivity index (χ0n) is 11.6. The molecule has 2 aromatic rings. The third-order valence-corrected chi connectivity index (χ3v) is 3.42. The van der Waals surface area contributed by atoms with Crippen LogP contribution >= 0.6 is 0 Å². The minimum Gasteiger partial charge on any atom is -0.497 e. The Labute approximate surface area is 121 Å². The molecule has 0 fully saturated rings. The molecule has 108 valence electrons. The van der Waals surface area contributed by atoms with Crippen molar-refractivity contribution >= 4 is 11.6 Å². The van der Waals surface area contributed by atoms with Crippen molar-refractivity contribution in [2.24, 2.45) is 0 Å². The van der Waals surface area contributed by atoms with Gasteiger partial charge in [-0.2, -0.15) is 0 Å². The fourth-order valence-corrected chi connectivity index (χ4v) is 2.39. The van der Waals surface area contributed by atoms with Crippen LogP contribution in [-0.2, 0) is 0 Å². The first-order chi connectivity index (χ1) is 10.2. The van der Waals surface area contributed by atoms with E-state index in [0.717, 1.165) is 0 Å². The molecule has 1 atom stereocenters. The maximum absolute atomic E-state index is 12.5. The van der Waals surface area contributed by atoms with E-state index >= 15 is 0 Å². The number of aliphatic hydroxyl groups is 1. The van der Waals surface area contributed by atoms with Crippen molar-refractivity contribution in [3.8, 4) is 11.5 Å². The van der Waals surface area contributed by atoms with Gasteiger partial charge in [0.05, 0.1) is 25.5 Å². The molecule has 0 aliphatic carbocycles. The van der Waals surface area contributed by atoms with Gasteiger partial charge in [0.15, 0.2) is 6.23 Å². The molecule has 0 saturated heterocycles. The summed E-state index contributed by atoms with van der Waals surface area (Å²) >= 11 is 0. The van der Waals surface area contributed by atoms with Crippen LogP contribution in [0.2, 0.25) is 0 Å². The number of carbonyl (C=O) groups excluding carboxylic acids is 1. The monoisotopic (exact) mass is 286 g/mol. The third kappa shape index (κ3) is 2.00. The summed E-state index contributed by atoms with van der Waals surface area (Å²) in [6, 6.07) is 8.34. The molecule has 2 heterocycles. The molecule has 0 radical (unpaired) electrons. The first-order valence-corrected chi connectivity index (χ1v) is 6.36. The molecule has 1 aromatic heterocycles. The number of pyridine rings is 1. The Morgan fingerprint density at radius 2 is 2.05 bits per heavy atom. The molecule has 6 heteroatoms. The molecule has 1 aliphatic heterocycles. The van der Waals surface area contributed by atoms with Gasteiger partial charge in [-0.1, -0.05) is 0 Å². The molecule has 6 nitrogen and oxygen atoms in total. The number of amides is 1. The molecule has 0 spiro atoms. The van der Waals surface area contributed by atoms with Crippen LogP contribution in [0.25, 0.3) is 0 Å². The van der Waals surface area contributed by atoms with Crippen LogP contribution in [0.3, 0.4) is 0 Å². The Morgan fingerprint density at radius 3 is 2.71 bits per heavy atom. The van der Waals surface area contributed by atoms with Crippen LogP contribution in [0.5, 0.6) is 11.5 Å². The molecule has 3 rings (SSSR count). The van der Waals surface area contributed by atoms with Gasteiger partial charge in [-0.25, -0.2) is 0 Å². The molecular formula is C15H14N2O4. The van der Waals surface area contributed by atoms with E-state index in [1.807, 2.05) is 0 Å². The maximum Gasteiger partial charge on any atom is 0.262 e. The minimum atomic E-state index is -1.13. The zero-order chi connectivity index (χ0) is 15.0. The number of methoxy groups -OCH3 is 2. The van der Waals surface area contributed by atoms with Crippen LogP contribution in [0.1, 0.15) is 22.3 Å². The molecule has 0 saturated carbocycles. The second-order valence-corrected chi connectivity index (χ2v) is 4.52. The van der Waals surface area contributed by atoms with Crippen molar-refractivity contribution in [1.82, 2.24) is 4.98 Å². The van der Waals surface area contributed by atoms with Crippen molar-refractivity contribution in [2.45, 2.75) is 6.23 Å². The average Bonchev–Trinajstić information content (AvgIpc) is 2.79. The number of aromatic nitrogens is 1. The van der Waals surface area contributed by atoms with Gasteiger partial charge < -0.3 is 14.6 Å². The largest absolute Gasteiger partial charge is 0.497 e.